The van der Waals surface area contributed by atoms with Crippen molar-refractivity contribution in [2.24, 2.45) is 5.41 Å². The van der Waals surface area contributed by atoms with Crippen LogP contribution in [0.15, 0.2) is 10.8 Å². The molecule has 0 aliphatic rings. The van der Waals surface area contributed by atoms with Crippen LogP contribution in [0, 0.1) is 5.41 Å². The summed E-state index contributed by atoms with van der Waals surface area (Å²) in [5.41, 5.74) is 1.00. The summed E-state index contributed by atoms with van der Waals surface area (Å²) in [6.45, 7) is 7.63. The van der Waals surface area contributed by atoms with E-state index in [2.05, 4.69) is 5.16 Å². The van der Waals surface area contributed by atoms with Crippen molar-refractivity contribution in [2.75, 3.05) is 0 Å². The Morgan fingerprint density at radius 2 is 2.15 bits per heavy atom. The molecule has 0 aliphatic heterocycles. The molecule has 13 heavy (non-hydrogen) atoms. The summed E-state index contributed by atoms with van der Waals surface area (Å²) in [5.74, 6) is 0.0885. The van der Waals surface area contributed by atoms with Gasteiger partial charge < -0.3 is 4.52 Å². The molecule has 0 unspecified atom stereocenters. The fourth-order valence-corrected chi connectivity index (χ4v) is 1.10. The van der Waals surface area contributed by atoms with E-state index in [4.69, 9.17) is 4.52 Å². The van der Waals surface area contributed by atoms with Crippen molar-refractivity contribution in [1.82, 2.24) is 5.16 Å². The van der Waals surface area contributed by atoms with Crippen molar-refractivity contribution in [3.63, 3.8) is 0 Å². The summed E-state index contributed by atoms with van der Waals surface area (Å²) >= 11 is 0. The minimum absolute atomic E-state index is 0.0885. The van der Waals surface area contributed by atoms with Gasteiger partial charge in [-0.3, -0.25) is 4.79 Å². The smallest absolute Gasteiger partial charge is 0.173 e. The molecule has 0 radical (unpaired) electrons. The highest BCUT2D eigenvalue weighted by Gasteiger charge is 2.26. The predicted octanol–water partition coefficient (Wildman–Crippen LogP) is 2.47. The Balaban J connectivity index is 3.02. The second kappa shape index (κ2) is 3.32. The van der Waals surface area contributed by atoms with Gasteiger partial charge in [0.1, 0.15) is 6.26 Å². The first-order chi connectivity index (χ1) is 5.96. The molecular formula is C10H15NO2. The van der Waals surface area contributed by atoms with Gasteiger partial charge in [-0.1, -0.05) is 32.9 Å². The number of Topliss-reactive ketones (excluding diaryl/α,β-unsaturated/α-hetero) is 1. The number of hydrogen-bond donors (Lipinski definition) is 0. The van der Waals surface area contributed by atoms with Gasteiger partial charge in [-0.05, 0) is 6.42 Å². The number of ketones is 1. The minimum atomic E-state index is -0.366. The molecule has 0 N–H and O–H groups in total. The zero-order valence-electron chi connectivity index (χ0n) is 8.55. The van der Waals surface area contributed by atoms with Gasteiger partial charge in [0.25, 0.3) is 0 Å². The lowest BCUT2D eigenvalue weighted by Gasteiger charge is -2.15. The van der Waals surface area contributed by atoms with Crippen LogP contribution >= 0.6 is 0 Å². The highest BCUT2D eigenvalue weighted by molar-refractivity contribution is 6.00. The van der Waals surface area contributed by atoms with E-state index in [1.807, 2.05) is 27.7 Å². The molecule has 0 amide bonds. The van der Waals surface area contributed by atoms with Gasteiger partial charge in [0.15, 0.2) is 5.78 Å². The second-order valence-electron chi connectivity index (χ2n) is 4.11. The third kappa shape index (κ3) is 1.97. The van der Waals surface area contributed by atoms with Crippen LogP contribution in [-0.4, -0.2) is 10.9 Å². The maximum atomic E-state index is 11.8. The van der Waals surface area contributed by atoms with Gasteiger partial charge in [0, 0.05) is 5.41 Å². The van der Waals surface area contributed by atoms with Crippen LogP contribution in [0.25, 0.3) is 0 Å². The Kier molecular flexibility index (Phi) is 2.55. The van der Waals surface area contributed by atoms with E-state index in [1.165, 1.54) is 6.26 Å². The molecule has 0 spiro atoms. The summed E-state index contributed by atoms with van der Waals surface area (Å²) in [7, 11) is 0. The van der Waals surface area contributed by atoms with Crippen LogP contribution in [-0.2, 0) is 6.42 Å². The topological polar surface area (TPSA) is 43.1 Å². The van der Waals surface area contributed by atoms with Crippen molar-refractivity contribution in [3.05, 3.63) is 17.5 Å². The molecule has 0 saturated heterocycles. The maximum absolute atomic E-state index is 11.8. The molecule has 0 aromatic carbocycles. The molecule has 1 aromatic heterocycles. The van der Waals surface area contributed by atoms with Gasteiger partial charge in [-0.15, -0.1) is 0 Å². The zero-order valence-corrected chi connectivity index (χ0v) is 8.55. The molecule has 0 saturated carbocycles. The predicted molar refractivity (Wildman–Crippen MR) is 49.7 cm³/mol. The Morgan fingerprint density at radius 1 is 1.54 bits per heavy atom. The summed E-state index contributed by atoms with van der Waals surface area (Å²) in [4.78, 5) is 11.8. The average Bonchev–Trinajstić information content (AvgIpc) is 2.48. The highest BCUT2D eigenvalue weighted by Crippen LogP contribution is 2.22. The Bertz CT molecular complexity index is 307. The number of aryl methyl sites for hydroxylation is 1. The van der Waals surface area contributed by atoms with Crippen molar-refractivity contribution in [1.29, 1.82) is 0 Å². The number of rotatable bonds is 2. The third-order valence-corrected chi connectivity index (χ3v) is 1.91. The van der Waals surface area contributed by atoms with Crippen molar-refractivity contribution >= 4 is 5.78 Å². The molecule has 0 aliphatic carbocycles. The highest BCUT2D eigenvalue weighted by atomic mass is 16.5. The van der Waals surface area contributed by atoms with E-state index in [9.17, 15) is 4.79 Å². The number of aromatic nitrogens is 1. The third-order valence-electron chi connectivity index (χ3n) is 1.91. The van der Waals surface area contributed by atoms with Crippen molar-refractivity contribution in [3.8, 4) is 0 Å². The molecule has 0 fully saturated rings. The lowest BCUT2D eigenvalue weighted by Crippen LogP contribution is -2.20. The van der Waals surface area contributed by atoms with E-state index in [1.54, 1.807) is 0 Å². The Morgan fingerprint density at radius 3 is 2.62 bits per heavy atom. The molecule has 1 rings (SSSR count). The van der Waals surface area contributed by atoms with Gasteiger partial charge in [-0.25, -0.2) is 0 Å². The fourth-order valence-electron chi connectivity index (χ4n) is 1.10. The van der Waals surface area contributed by atoms with Crippen LogP contribution in [0.1, 0.15) is 43.7 Å². The van der Waals surface area contributed by atoms with Crippen LogP contribution in [0.3, 0.4) is 0 Å². The van der Waals surface area contributed by atoms with E-state index < -0.39 is 0 Å². The first-order valence-corrected chi connectivity index (χ1v) is 4.45. The van der Waals surface area contributed by atoms with Gasteiger partial charge in [-0.2, -0.15) is 0 Å². The molecule has 0 atom stereocenters. The van der Waals surface area contributed by atoms with Crippen LogP contribution in [0.5, 0.6) is 0 Å². The minimum Gasteiger partial charge on any atom is -0.364 e. The van der Waals surface area contributed by atoms with E-state index in [0.717, 1.165) is 12.1 Å². The van der Waals surface area contributed by atoms with Gasteiger partial charge in [0.05, 0.1) is 11.3 Å². The van der Waals surface area contributed by atoms with Crippen LogP contribution in [0.2, 0.25) is 0 Å². The Labute approximate surface area is 78.1 Å². The molecular weight excluding hydrogens is 166 g/mol. The molecule has 1 heterocycles. The first kappa shape index (κ1) is 9.96. The fraction of sp³-hybridized carbons (Fsp3) is 0.600. The van der Waals surface area contributed by atoms with Gasteiger partial charge >= 0.3 is 0 Å². The summed E-state index contributed by atoms with van der Waals surface area (Å²) in [6.07, 6.45) is 2.17. The van der Waals surface area contributed by atoms with Crippen molar-refractivity contribution < 1.29 is 9.32 Å². The molecule has 0 bridgehead atoms. The van der Waals surface area contributed by atoms with E-state index in [0.29, 0.717) is 5.56 Å². The lowest BCUT2D eigenvalue weighted by atomic mass is 9.86. The normalized spacial score (nSPS) is 11.7. The first-order valence-electron chi connectivity index (χ1n) is 4.45. The van der Waals surface area contributed by atoms with E-state index in [-0.39, 0.29) is 11.2 Å². The van der Waals surface area contributed by atoms with Crippen molar-refractivity contribution in [2.45, 2.75) is 34.1 Å². The van der Waals surface area contributed by atoms with E-state index >= 15 is 0 Å². The molecule has 1 aromatic rings. The number of hydrogen-bond acceptors (Lipinski definition) is 3. The summed E-state index contributed by atoms with van der Waals surface area (Å²) in [5, 5.41) is 3.77. The molecule has 3 nitrogen and oxygen atoms in total. The quantitative estimate of drug-likeness (QED) is 0.658. The molecule has 72 valence electrons. The standard InChI is InChI=1S/C10H15NO2/c1-5-8-7(6-13-11-8)9(12)10(2,3)4/h6H,5H2,1-4H3. The second-order valence-corrected chi connectivity index (χ2v) is 4.11. The molecule has 3 heteroatoms. The SMILES string of the molecule is CCc1nocc1C(=O)C(C)(C)C. The maximum Gasteiger partial charge on any atom is 0.173 e. The van der Waals surface area contributed by atoms with Gasteiger partial charge in [0.2, 0.25) is 0 Å². The van der Waals surface area contributed by atoms with Crippen LogP contribution in [0.4, 0.5) is 0 Å². The average molecular weight is 181 g/mol. The Hall–Kier alpha value is -1.12. The zero-order chi connectivity index (χ0) is 10.1. The number of carbonyl (C=O) groups is 1. The lowest BCUT2D eigenvalue weighted by molar-refractivity contribution is 0.0857. The number of carbonyl (C=O) groups excluding carboxylic acids is 1. The monoisotopic (exact) mass is 181 g/mol. The summed E-state index contributed by atoms with van der Waals surface area (Å²) in [6, 6.07) is 0. The summed E-state index contributed by atoms with van der Waals surface area (Å²) < 4.78 is 4.78. The van der Waals surface area contributed by atoms with Crippen LogP contribution < -0.4 is 0 Å². The largest absolute Gasteiger partial charge is 0.364 e. The number of nitrogens with zero attached hydrogens (tertiary/aromatic N) is 1.